The van der Waals surface area contributed by atoms with Gasteiger partial charge in [0, 0.05) is 55.0 Å². The molecular formula is C41H42BrFI2N6O2. The number of rotatable bonds is 12. The Morgan fingerprint density at radius 2 is 1.38 bits per heavy atom. The highest BCUT2D eigenvalue weighted by Gasteiger charge is 2.16. The monoisotopic (exact) mass is 1000 g/mol. The summed E-state index contributed by atoms with van der Waals surface area (Å²) in [6.45, 7) is 8.35. The average Bonchev–Trinajstić information content (AvgIpc) is 3.68. The molecule has 0 bridgehead atoms. The maximum atomic E-state index is 13.7. The molecule has 1 aromatic heterocycles. The van der Waals surface area contributed by atoms with Gasteiger partial charge in [0.15, 0.2) is 0 Å². The first-order chi connectivity index (χ1) is 25.6. The molecule has 53 heavy (non-hydrogen) atoms. The third-order valence-corrected chi connectivity index (χ3v) is 10.6. The van der Waals surface area contributed by atoms with Gasteiger partial charge in [0.2, 0.25) is 0 Å². The number of benzene rings is 4. The molecule has 2 amide bonds. The lowest BCUT2D eigenvalue weighted by Gasteiger charge is -2.17. The lowest BCUT2D eigenvalue weighted by molar-refractivity contribution is 0.0942. The molecule has 0 saturated carbocycles. The summed E-state index contributed by atoms with van der Waals surface area (Å²) in [7, 11) is 0. The normalized spacial score (nSPS) is 12.4. The zero-order valence-corrected chi connectivity index (χ0v) is 35.5. The molecule has 8 nitrogen and oxygen atoms in total. The average molecular weight is 1000 g/mol. The van der Waals surface area contributed by atoms with Crippen molar-refractivity contribution in [3.05, 3.63) is 143 Å². The van der Waals surface area contributed by atoms with Crippen LogP contribution in [0.5, 0.6) is 0 Å². The Morgan fingerprint density at radius 3 is 2.08 bits per heavy atom. The van der Waals surface area contributed by atoms with Gasteiger partial charge < -0.3 is 26.2 Å². The Bertz CT molecular complexity index is 2030. The number of anilines is 4. The van der Waals surface area contributed by atoms with Crippen molar-refractivity contribution in [2.24, 2.45) is 0 Å². The van der Waals surface area contributed by atoms with Crippen molar-refractivity contribution in [1.29, 1.82) is 0 Å². The van der Waals surface area contributed by atoms with Gasteiger partial charge in [-0.05, 0) is 186 Å². The fourth-order valence-corrected chi connectivity index (χ4v) is 7.43. The second kappa shape index (κ2) is 20.2. The van der Waals surface area contributed by atoms with Crippen molar-refractivity contribution >= 4 is 95.7 Å². The molecule has 276 valence electrons. The van der Waals surface area contributed by atoms with Gasteiger partial charge >= 0.3 is 0 Å². The van der Waals surface area contributed by atoms with E-state index in [1.54, 1.807) is 18.5 Å². The van der Waals surface area contributed by atoms with Crippen LogP contribution in [0, 0.1) is 19.9 Å². The Morgan fingerprint density at radius 1 is 0.774 bits per heavy atom. The van der Waals surface area contributed by atoms with Crippen LogP contribution in [-0.4, -0.2) is 47.9 Å². The van der Waals surface area contributed by atoms with E-state index in [2.05, 4.69) is 117 Å². The van der Waals surface area contributed by atoms with Crippen molar-refractivity contribution in [1.82, 2.24) is 20.5 Å². The highest BCUT2D eigenvalue weighted by molar-refractivity contribution is 14.1. The first-order valence-electron chi connectivity index (χ1n) is 17.4. The van der Waals surface area contributed by atoms with Gasteiger partial charge in [-0.25, -0.2) is 4.39 Å². The number of halogens is 4. The SMILES string of the molecule is CCc1cc(I)ccc1Nc1ccc(Br)cc1C(=O)NCCN1CCCC1.Cc1cc(I)ccc1Nc1ccc(F)cc1C(=O)NCc1ccncc1. The molecule has 12 heteroatoms. The number of carbonyl (C=O) groups is 2. The van der Waals surface area contributed by atoms with E-state index in [1.165, 1.54) is 34.1 Å². The second-order valence-corrected chi connectivity index (χ2v) is 16.0. The van der Waals surface area contributed by atoms with Crippen LogP contribution >= 0.6 is 61.1 Å². The number of carbonyl (C=O) groups excluding carboxylic acids is 2. The maximum absolute atomic E-state index is 13.7. The maximum Gasteiger partial charge on any atom is 0.253 e. The molecule has 1 aliphatic heterocycles. The molecule has 0 atom stereocenters. The number of pyridine rings is 1. The molecule has 4 N–H and O–H groups in total. The minimum absolute atomic E-state index is 0.0402. The molecule has 6 rings (SSSR count). The number of amides is 2. The number of aromatic nitrogens is 1. The highest BCUT2D eigenvalue weighted by atomic mass is 127. The predicted octanol–water partition coefficient (Wildman–Crippen LogP) is 9.99. The topological polar surface area (TPSA) is 98.4 Å². The van der Waals surface area contributed by atoms with E-state index >= 15 is 0 Å². The van der Waals surface area contributed by atoms with E-state index in [-0.39, 0.29) is 17.4 Å². The first-order valence-corrected chi connectivity index (χ1v) is 20.4. The molecule has 0 radical (unpaired) electrons. The van der Waals surface area contributed by atoms with Gasteiger partial charge in [0.05, 0.1) is 22.5 Å². The van der Waals surface area contributed by atoms with Crippen LogP contribution in [0.3, 0.4) is 0 Å². The molecule has 5 aromatic rings. The summed E-state index contributed by atoms with van der Waals surface area (Å²) in [6, 6.07) is 25.9. The van der Waals surface area contributed by atoms with Crippen molar-refractivity contribution in [2.75, 3.05) is 36.8 Å². The van der Waals surface area contributed by atoms with Crippen molar-refractivity contribution in [2.45, 2.75) is 39.7 Å². The Balaban J connectivity index is 0.000000204. The van der Waals surface area contributed by atoms with Gasteiger partial charge in [-0.3, -0.25) is 14.6 Å². The first kappa shape index (κ1) is 40.6. The molecule has 1 aliphatic rings. The summed E-state index contributed by atoms with van der Waals surface area (Å²) in [6.07, 6.45) is 6.80. The van der Waals surface area contributed by atoms with Gasteiger partial charge in [0.25, 0.3) is 11.8 Å². The van der Waals surface area contributed by atoms with E-state index in [1.807, 2.05) is 55.5 Å². The zero-order chi connectivity index (χ0) is 37.7. The molecule has 0 aliphatic carbocycles. The third kappa shape index (κ3) is 12.2. The minimum Gasteiger partial charge on any atom is -0.355 e. The van der Waals surface area contributed by atoms with Crippen molar-refractivity contribution < 1.29 is 14.0 Å². The van der Waals surface area contributed by atoms with Crippen LogP contribution < -0.4 is 21.3 Å². The third-order valence-electron chi connectivity index (χ3n) is 8.74. The van der Waals surface area contributed by atoms with Crippen LogP contribution in [0.4, 0.5) is 27.1 Å². The Labute approximate surface area is 346 Å². The Kier molecular flexibility index (Phi) is 15.5. The molecule has 0 spiro atoms. The number of likely N-dealkylation sites (tertiary alicyclic amines) is 1. The fourth-order valence-electron chi connectivity index (χ4n) is 5.87. The van der Waals surface area contributed by atoms with Crippen LogP contribution in [0.2, 0.25) is 0 Å². The van der Waals surface area contributed by atoms with Crippen molar-refractivity contribution in [3.8, 4) is 0 Å². The van der Waals surface area contributed by atoms with E-state index in [0.717, 1.165) is 62.3 Å². The molecule has 4 aromatic carbocycles. The summed E-state index contributed by atoms with van der Waals surface area (Å²) < 4.78 is 17.0. The number of nitrogens with one attached hydrogen (secondary N) is 4. The molecular weight excluding hydrogens is 961 g/mol. The Hall–Kier alpha value is -3.60. The summed E-state index contributed by atoms with van der Waals surface area (Å²) in [4.78, 5) is 31.7. The quantitative estimate of drug-likeness (QED) is 0.0930. The van der Waals surface area contributed by atoms with Crippen LogP contribution in [0.1, 0.15) is 57.2 Å². The molecule has 2 heterocycles. The number of hydrogen-bond donors (Lipinski definition) is 4. The van der Waals surface area contributed by atoms with Gasteiger partial charge in [0.1, 0.15) is 5.82 Å². The van der Waals surface area contributed by atoms with Crippen molar-refractivity contribution in [3.63, 3.8) is 0 Å². The number of nitrogens with zero attached hydrogens (tertiary/aromatic N) is 2. The zero-order valence-electron chi connectivity index (χ0n) is 29.6. The number of hydrogen-bond acceptors (Lipinski definition) is 6. The highest BCUT2D eigenvalue weighted by Crippen LogP contribution is 2.29. The molecule has 1 fully saturated rings. The van der Waals surface area contributed by atoms with E-state index in [4.69, 9.17) is 0 Å². The second-order valence-electron chi connectivity index (χ2n) is 12.6. The fraction of sp³-hybridized carbons (Fsp3) is 0.244. The molecule has 0 unspecified atom stereocenters. The molecule has 1 saturated heterocycles. The van der Waals surface area contributed by atoms with Gasteiger partial charge in [-0.15, -0.1) is 0 Å². The number of aryl methyl sites for hydroxylation is 2. The predicted molar refractivity (Wildman–Crippen MR) is 233 cm³/mol. The lowest BCUT2D eigenvalue weighted by Crippen LogP contribution is -2.33. The summed E-state index contributed by atoms with van der Waals surface area (Å²) in [5.74, 6) is -0.836. The standard InChI is InChI=1S/C21H25BrIN3O.C20H17FIN3O/c1-2-15-13-17(23)6-8-19(15)25-20-7-5-16(22)14-18(20)21(27)24-9-12-26-10-3-4-11-26;1-13-10-16(22)3-5-18(13)25-19-4-2-15(21)11-17(19)20(26)24-12-14-6-8-23-9-7-14/h5-8,13-14,25H,2-4,9-12H2,1H3,(H,24,27);2-11,25H,12H2,1H3,(H,24,26). The van der Waals surface area contributed by atoms with Crippen LogP contribution in [0.15, 0.2) is 102 Å². The van der Waals surface area contributed by atoms with Crippen LogP contribution in [-0.2, 0) is 13.0 Å². The summed E-state index contributed by atoms with van der Waals surface area (Å²) >= 11 is 8.07. The smallest absolute Gasteiger partial charge is 0.253 e. The lowest BCUT2D eigenvalue weighted by atomic mass is 10.1. The van der Waals surface area contributed by atoms with E-state index in [0.29, 0.717) is 24.3 Å². The largest absolute Gasteiger partial charge is 0.355 e. The van der Waals surface area contributed by atoms with Gasteiger partial charge in [-0.1, -0.05) is 22.9 Å². The summed E-state index contributed by atoms with van der Waals surface area (Å²) in [5.41, 5.74) is 7.44. The summed E-state index contributed by atoms with van der Waals surface area (Å²) in [5, 5.41) is 12.6. The van der Waals surface area contributed by atoms with Crippen LogP contribution in [0.25, 0.3) is 0 Å². The van der Waals surface area contributed by atoms with E-state index in [9.17, 15) is 14.0 Å². The minimum atomic E-state index is -0.455. The van der Waals surface area contributed by atoms with E-state index < -0.39 is 5.82 Å². The van der Waals surface area contributed by atoms with Gasteiger partial charge in [-0.2, -0.15) is 0 Å².